The first-order valence-electron chi connectivity index (χ1n) is 7.21. The van der Waals surface area contributed by atoms with Crippen molar-refractivity contribution < 1.29 is 4.79 Å². The smallest absolute Gasteiger partial charge is 0.315 e. The van der Waals surface area contributed by atoms with E-state index in [0.29, 0.717) is 12.6 Å². The SMILES string of the molecule is Cc1n[nH]c(C)c1CCNC(=O)NC1CCCCC1. The Balaban J connectivity index is 1.69. The molecule has 19 heavy (non-hydrogen) atoms. The zero-order valence-electron chi connectivity index (χ0n) is 11.9. The van der Waals surface area contributed by atoms with Gasteiger partial charge in [-0.1, -0.05) is 19.3 Å². The summed E-state index contributed by atoms with van der Waals surface area (Å²) in [4.78, 5) is 11.8. The lowest BCUT2D eigenvalue weighted by molar-refractivity contribution is 0.233. The van der Waals surface area contributed by atoms with E-state index in [1.54, 1.807) is 0 Å². The molecule has 3 N–H and O–H groups in total. The second-order valence-corrected chi connectivity index (χ2v) is 5.40. The Bertz CT molecular complexity index is 402. The van der Waals surface area contributed by atoms with Crippen molar-refractivity contribution in [3.05, 3.63) is 17.0 Å². The third-order valence-electron chi connectivity index (χ3n) is 3.88. The molecule has 106 valence electrons. The Labute approximate surface area is 114 Å². The molecule has 2 amide bonds. The first-order chi connectivity index (χ1) is 9.16. The number of carbonyl (C=O) groups is 1. The van der Waals surface area contributed by atoms with Gasteiger partial charge in [-0.15, -0.1) is 0 Å². The van der Waals surface area contributed by atoms with E-state index in [1.165, 1.54) is 24.8 Å². The van der Waals surface area contributed by atoms with Gasteiger partial charge < -0.3 is 10.6 Å². The number of hydrogen-bond acceptors (Lipinski definition) is 2. The van der Waals surface area contributed by atoms with E-state index in [4.69, 9.17) is 0 Å². The van der Waals surface area contributed by atoms with Gasteiger partial charge in [0.25, 0.3) is 0 Å². The van der Waals surface area contributed by atoms with Crippen LogP contribution in [0.2, 0.25) is 0 Å². The standard InChI is InChI=1S/C14H24N4O/c1-10-13(11(2)18-17-10)8-9-15-14(19)16-12-6-4-3-5-7-12/h12H,3-9H2,1-2H3,(H,17,18)(H2,15,16,19). The van der Waals surface area contributed by atoms with Gasteiger partial charge in [0.15, 0.2) is 0 Å². The van der Waals surface area contributed by atoms with Gasteiger partial charge in [-0.25, -0.2) is 4.79 Å². The quantitative estimate of drug-likeness (QED) is 0.780. The maximum Gasteiger partial charge on any atom is 0.315 e. The lowest BCUT2D eigenvalue weighted by Crippen LogP contribution is -2.43. The number of urea groups is 1. The van der Waals surface area contributed by atoms with Crippen LogP contribution < -0.4 is 10.6 Å². The van der Waals surface area contributed by atoms with Crippen LogP contribution in [-0.2, 0) is 6.42 Å². The molecule has 2 rings (SSSR count). The molecule has 1 heterocycles. The molecule has 0 aromatic carbocycles. The summed E-state index contributed by atoms with van der Waals surface area (Å²) in [5.41, 5.74) is 3.32. The number of carbonyl (C=O) groups excluding carboxylic acids is 1. The van der Waals surface area contributed by atoms with Gasteiger partial charge in [0.2, 0.25) is 0 Å². The molecule has 1 aliphatic carbocycles. The van der Waals surface area contributed by atoms with Crippen molar-refractivity contribution in [2.24, 2.45) is 0 Å². The van der Waals surface area contributed by atoms with Crippen LogP contribution in [-0.4, -0.2) is 28.8 Å². The molecule has 5 nitrogen and oxygen atoms in total. The molecule has 1 aliphatic rings. The van der Waals surface area contributed by atoms with E-state index in [1.807, 2.05) is 13.8 Å². The van der Waals surface area contributed by atoms with Crippen molar-refractivity contribution in [2.75, 3.05) is 6.54 Å². The molecule has 5 heteroatoms. The first kappa shape index (κ1) is 13.9. The second kappa shape index (κ2) is 6.59. The third kappa shape index (κ3) is 3.98. The number of aromatic amines is 1. The Morgan fingerprint density at radius 2 is 2.05 bits per heavy atom. The van der Waals surface area contributed by atoms with Gasteiger partial charge in [-0.05, 0) is 38.7 Å². The summed E-state index contributed by atoms with van der Waals surface area (Å²) in [7, 11) is 0. The summed E-state index contributed by atoms with van der Waals surface area (Å²) in [6, 6.07) is 0.330. The fraction of sp³-hybridized carbons (Fsp3) is 0.714. The fourth-order valence-electron chi connectivity index (χ4n) is 2.73. The molecular formula is C14H24N4O. The summed E-state index contributed by atoms with van der Waals surface area (Å²) in [5, 5.41) is 13.1. The van der Waals surface area contributed by atoms with Gasteiger partial charge in [0, 0.05) is 18.3 Å². The summed E-state index contributed by atoms with van der Waals surface area (Å²) < 4.78 is 0. The predicted molar refractivity (Wildman–Crippen MR) is 75.2 cm³/mol. The molecule has 1 fully saturated rings. The number of amides is 2. The number of H-pyrrole nitrogens is 1. The van der Waals surface area contributed by atoms with Crippen molar-refractivity contribution in [1.29, 1.82) is 0 Å². The van der Waals surface area contributed by atoms with E-state index >= 15 is 0 Å². The minimum Gasteiger partial charge on any atom is -0.338 e. The van der Waals surface area contributed by atoms with Gasteiger partial charge in [-0.3, -0.25) is 5.10 Å². The minimum atomic E-state index is -0.0364. The predicted octanol–water partition coefficient (Wildman–Crippen LogP) is 2.20. The zero-order chi connectivity index (χ0) is 13.7. The van der Waals surface area contributed by atoms with Crippen LogP contribution in [0.1, 0.15) is 49.1 Å². The average Bonchev–Trinajstić information content (AvgIpc) is 2.71. The highest BCUT2D eigenvalue weighted by molar-refractivity contribution is 5.74. The number of aromatic nitrogens is 2. The highest BCUT2D eigenvalue weighted by Gasteiger charge is 2.15. The normalized spacial score (nSPS) is 16.3. The largest absolute Gasteiger partial charge is 0.338 e. The monoisotopic (exact) mass is 264 g/mol. The molecule has 0 unspecified atom stereocenters. The molecule has 0 spiro atoms. The molecule has 1 aromatic heterocycles. The van der Waals surface area contributed by atoms with Crippen molar-refractivity contribution in [2.45, 2.75) is 58.4 Å². The molecule has 1 saturated carbocycles. The van der Waals surface area contributed by atoms with Gasteiger partial charge >= 0.3 is 6.03 Å². The fourth-order valence-corrected chi connectivity index (χ4v) is 2.73. The number of nitrogens with zero attached hydrogens (tertiary/aromatic N) is 1. The van der Waals surface area contributed by atoms with Crippen LogP contribution in [0.15, 0.2) is 0 Å². The third-order valence-corrected chi connectivity index (χ3v) is 3.88. The van der Waals surface area contributed by atoms with E-state index in [2.05, 4.69) is 20.8 Å². The summed E-state index contributed by atoms with van der Waals surface area (Å²) in [6.45, 7) is 4.65. The van der Waals surface area contributed by atoms with Crippen molar-refractivity contribution in [3.8, 4) is 0 Å². The average molecular weight is 264 g/mol. The van der Waals surface area contributed by atoms with Gasteiger partial charge in [0.05, 0.1) is 5.69 Å². The van der Waals surface area contributed by atoms with Crippen molar-refractivity contribution >= 4 is 6.03 Å². The topological polar surface area (TPSA) is 69.8 Å². The van der Waals surface area contributed by atoms with Crippen molar-refractivity contribution in [3.63, 3.8) is 0 Å². The number of hydrogen-bond donors (Lipinski definition) is 3. The van der Waals surface area contributed by atoms with Gasteiger partial charge in [0.1, 0.15) is 0 Å². The van der Waals surface area contributed by atoms with Crippen LogP contribution in [0.4, 0.5) is 4.79 Å². The molecule has 0 aliphatic heterocycles. The van der Waals surface area contributed by atoms with Crippen LogP contribution in [0, 0.1) is 13.8 Å². The highest BCUT2D eigenvalue weighted by Crippen LogP contribution is 2.17. The lowest BCUT2D eigenvalue weighted by atomic mass is 9.96. The van der Waals surface area contributed by atoms with E-state index in [9.17, 15) is 4.79 Å². The Morgan fingerprint density at radius 1 is 1.32 bits per heavy atom. The van der Waals surface area contributed by atoms with Crippen LogP contribution in [0.3, 0.4) is 0 Å². The minimum absolute atomic E-state index is 0.0364. The molecule has 1 aromatic rings. The number of rotatable bonds is 4. The van der Waals surface area contributed by atoms with Crippen LogP contribution >= 0.6 is 0 Å². The summed E-state index contributed by atoms with van der Waals surface area (Å²) in [6.07, 6.45) is 6.84. The van der Waals surface area contributed by atoms with E-state index in [0.717, 1.165) is 30.7 Å². The molecular weight excluding hydrogens is 240 g/mol. The molecule has 0 radical (unpaired) electrons. The number of aryl methyl sites for hydroxylation is 2. The molecule has 0 bridgehead atoms. The lowest BCUT2D eigenvalue weighted by Gasteiger charge is -2.22. The van der Waals surface area contributed by atoms with Crippen LogP contribution in [0.25, 0.3) is 0 Å². The Kier molecular flexibility index (Phi) is 4.82. The summed E-state index contributed by atoms with van der Waals surface area (Å²) in [5.74, 6) is 0. The Morgan fingerprint density at radius 3 is 2.68 bits per heavy atom. The maximum atomic E-state index is 11.8. The Hall–Kier alpha value is -1.52. The van der Waals surface area contributed by atoms with Gasteiger partial charge in [-0.2, -0.15) is 5.10 Å². The maximum absolute atomic E-state index is 11.8. The summed E-state index contributed by atoms with van der Waals surface area (Å²) >= 11 is 0. The number of nitrogens with one attached hydrogen (secondary N) is 3. The zero-order valence-corrected chi connectivity index (χ0v) is 11.9. The van der Waals surface area contributed by atoms with E-state index in [-0.39, 0.29) is 6.03 Å². The van der Waals surface area contributed by atoms with E-state index < -0.39 is 0 Å². The van der Waals surface area contributed by atoms with Crippen molar-refractivity contribution in [1.82, 2.24) is 20.8 Å². The molecule has 0 atom stereocenters. The van der Waals surface area contributed by atoms with Crippen LogP contribution in [0.5, 0.6) is 0 Å². The molecule has 0 saturated heterocycles. The highest BCUT2D eigenvalue weighted by atomic mass is 16.2. The second-order valence-electron chi connectivity index (χ2n) is 5.40. The first-order valence-corrected chi connectivity index (χ1v) is 7.21.